The number of rotatable bonds is 11. The summed E-state index contributed by atoms with van der Waals surface area (Å²) in [6, 6.07) is 6.61. The average Bonchev–Trinajstić information content (AvgIpc) is 2.79. The number of hydrogen-bond donors (Lipinski definition) is 0. The number of carbonyl (C=O) groups excluding carboxylic acids is 1. The Kier molecular flexibility index (Phi) is 9.18. The van der Waals surface area contributed by atoms with E-state index >= 15 is 0 Å². The second kappa shape index (κ2) is 11.6. The van der Waals surface area contributed by atoms with Crippen molar-refractivity contribution in [1.29, 1.82) is 0 Å². The van der Waals surface area contributed by atoms with Crippen molar-refractivity contribution in [2.24, 2.45) is 0 Å². The number of hydrogen-bond acceptors (Lipinski definition) is 8. The van der Waals surface area contributed by atoms with E-state index in [1.54, 1.807) is 24.5 Å². The molecule has 0 fully saturated rings. The highest BCUT2D eigenvalue weighted by Crippen LogP contribution is 2.37. The Bertz CT molecular complexity index is 1040. The highest BCUT2D eigenvalue weighted by atomic mass is 32.2. The summed E-state index contributed by atoms with van der Waals surface area (Å²) in [5.74, 6) is -0.246. The van der Waals surface area contributed by atoms with Gasteiger partial charge >= 0.3 is 5.97 Å². The lowest BCUT2D eigenvalue weighted by molar-refractivity contribution is -0.134. The molecule has 32 heavy (non-hydrogen) atoms. The molecule has 0 unspecified atom stereocenters. The van der Waals surface area contributed by atoms with Crippen LogP contribution in [0.1, 0.15) is 11.1 Å². The molecule has 2 aromatic rings. The van der Waals surface area contributed by atoms with E-state index in [9.17, 15) is 13.2 Å². The molecule has 0 aliphatic heterocycles. The molecule has 0 aliphatic rings. The van der Waals surface area contributed by atoms with Crippen LogP contribution in [-0.2, 0) is 26.1 Å². The van der Waals surface area contributed by atoms with E-state index in [1.165, 1.54) is 43.9 Å². The van der Waals surface area contributed by atoms with E-state index in [0.29, 0.717) is 12.1 Å². The minimum absolute atomic E-state index is 0.0634. The molecule has 1 aromatic carbocycles. The lowest BCUT2D eigenvalue weighted by Gasteiger charge is -2.25. The second-order valence-electron chi connectivity index (χ2n) is 7.11. The molecule has 1 heterocycles. The monoisotopic (exact) mass is 463 g/mol. The molecular formula is C22H29N3O6S. The van der Waals surface area contributed by atoms with Crippen molar-refractivity contribution in [3.05, 3.63) is 53.9 Å². The molecule has 9 nitrogen and oxygen atoms in total. The summed E-state index contributed by atoms with van der Waals surface area (Å²) in [6.45, 7) is 0.899. The van der Waals surface area contributed by atoms with Crippen molar-refractivity contribution >= 4 is 22.1 Å². The fourth-order valence-corrected chi connectivity index (χ4v) is 4.52. The van der Waals surface area contributed by atoms with Gasteiger partial charge in [0.2, 0.25) is 10.0 Å². The molecule has 0 saturated carbocycles. The van der Waals surface area contributed by atoms with E-state index in [-0.39, 0.29) is 29.5 Å². The van der Waals surface area contributed by atoms with Gasteiger partial charge in [0.1, 0.15) is 4.90 Å². The number of benzene rings is 1. The fourth-order valence-electron chi connectivity index (χ4n) is 2.90. The van der Waals surface area contributed by atoms with Crippen molar-refractivity contribution in [3.63, 3.8) is 0 Å². The summed E-state index contributed by atoms with van der Waals surface area (Å²) in [5, 5.41) is 0. The predicted octanol–water partition coefficient (Wildman–Crippen LogP) is 2.04. The zero-order valence-electron chi connectivity index (χ0n) is 18.9. The van der Waals surface area contributed by atoms with Gasteiger partial charge in [-0.25, -0.2) is 13.2 Å². The van der Waals surface area contributed by atoms with Gasteiger partial charge in [0, 0.05) is 38.1 Å². The Morgan fingerprint density at radius 1 is 1.12 bits per heavy atom. The maximum absolute atomic E-state index is 13.8. The number of carbonyl (C=O) groups is 1. The number of sulfonamides is 1. The number of methoxy groups -OCH3 is 3. The highest BCUT2D eigenvalue weighted by Gasteiger charge is 2.30. The fraction of sp³-hybridized carbons (Fsp3) is 0.364. The van der Waals surface area contributed by atoms with Crippen molar-refractivity contribution in [2.75, 3.05) is 48.5 Å². The molecule has 0 spiro atoms. The third kappa shape index (κ3) is 6.52. The van der Waals surface area contributed by atoms with Gasteiger partial charge in [-0.2, -0.15) is 4.31 Å². The second-order valence-corrected chi connectivity index (χ2v) is 9.02. The minimum Gasteiger partial charge on any atom is -0.493 e. The standard InChI is InChI=1S/C22H29N3O6S/c1-24(2)11-12-25(16-18-7-6-10-23-15-18)32(27,28)20-14-17(8-9-21(26)30-4)13-19(29-3)22(20)31-5/h6-10,13-15H,11-12,16H2,1-5H3/b9-8+. The van der Waals surface area contributed by atoms with Crippen molar-refractivity contribution in [2.45, 2.75) is 11.4 Å². The first-order valence-corrected chi connectivity index (χ1v) is 11.2. The van der Waals surface area contributed by atoms with Gasteiger partial charge in [0.05, 0.1) is 21.3 Å². The zero-order valence-corrected chi connectivity index (χ0v) is 19.8. The third-order valence-corrected chi connectivity index (χ3v) is 6.43. The molecule has 10 heteroatoms. The first-order valence-electron chi connectivity index (χ1n) is 9.78. The van der Waals surface area contributed by atoms with Crippen LogP contribution in [0.25, 0.3) is 6.08 Å². The van der Waals surface area contributed by atoms with Crippen LogP contribution < -0.4 is 9.47 Å². The van der Waals surface area contributed by atoms with Crippen molar-refractivity contribution in [1.82, 2.24) is 14.2 Å². The Labute approximate surface area is 189 Å². The molecule has 2 rings (SSSR count). The number of aromatic nitrogens is 1. The summed E-state index contributed by atoms with van der Waals surface area (Å²) in [6.07, 6.45) is 5.92. The van der Waals surface area contributed by atoms with Crippen LogP contribution in [0.3, 0.4) is 0 Å². The molecule has 0 amide bonds. The SMILES string of the molecule is COC(=O)/C=C/c1cc(OC)c(OC)c(S(=O)(=O)N(CCN(C)C)Cc2cccnc2)c1. The van der Waals surface area contributed by atoms with Crippen molar-refractivity contribution in [3.8, 4) is 11.5 Å². The van der Waals surface area contributed by atoms with Crippen LogP contribution in [0.4, 0.5) is 0 Å². The summed E-state index contributed by atoms with van der Waals surface area (Å²) < 4.78 is 44.3. The van der Waals surface area contributed by atoms with Gasteiger partial charge in [-0.15, -0.1) is 0 Å². The van der Waals surface area contributed by atoms with E-state index in [2.05, 4.69) is 9.72 Å². The summed E-state index contributed by atoms with van der Waals surface area (Å²) >= 11 is 0. The topological polar surface area (TPSA) is 98.3 Å². The number of pyridine rings is 1. The van der Waals surface area contributed by atoms with E-state index in [0.717, 1.165) is 5.56 Å². The zero-order chi connectivity index (χ0) is 23.7. The Morgan fingerprint density at radius 2 is 1.88 bits per heavy atom. The molecule has 0 bridgehead atoms. The van der Waals surface area contributed by atoms with Gasteiger partial charge in [-0.1, -0.05) is 6.07 Å². The van der Waals surface area contributed by atoms with Crippen LogP contribution >= 0.6 is 0 Å². The first kappa shape index (κ1) is 25.3. The minimum atomic E-state index is -4.01. The molecule has 0 aliphatic carbocycles. The average molecular weight is 464 g/mol. The molecule has 1 aromatic heterocycles. The summed E-state index contributed by atoms with van der Waals surface area (Å²) in [4.78, 5) is 17.4. The third-order valence-electron chi connectivity index (χ3n) is 4.58. The van der Waals surface area contributed by atoms with Gasteiger partial charge in [-0.3, -0.25) is 4.98 Å². The van der Waals surface area contributed by atoms with Crippen LogP contribution in [0.15, 0.2) is 47.6 Å². The van der Waals surface area contributed by atoms with Crippen LogP contribution in [0.2, 0.25) is 0 Å². The number of nitrogens with zero attached hydrogens (tertiary/aromatic N) is 3. The maximum atomic E-state index is 13.8. The smallest absolute Gasteiger partial charge is 0.330 e. The van der Waals surface area contributed by atoms with Crippen LogP contribution in [0, 0.1) is 0 Å². The van der Waals surface area contributed by atoms with Crippen LogP contribution in [0.5, 0.6) is 11.5 Å². The normalized spacial score (nSPS) is 11.8. The molecule has 174 valence electrons. The van der Waals surface area contributed by atoms with Crippen molar-refractivity contribution < 1.29 is 27.4 Å². The van der Waals surface area contributed by atoms with E-state index in [4.69, 9.17) is 9.47 Å². The van der Waals surface area contributed by atoms with Gasteiger partial charge in [0.25, 0.3) is 0 Å². The van der Waals surface area contributed by atoms with E-state index < -0.39 is 16.0 Å². The Hall–Kier alpha value is -2.95. The number of esters is 1. The van der Waals surface area contributed by atoms with E-state index in [1.807, 2.05) is 25.1 Å². The molecular weight excluding hydrogens is 434 g/mol. The summed E-state index contributed by atoms with van der Waals surface area (Å²) in [5.41, 5.74) is 1.20. The molecule has 0 N–H and O–H groups in total. The Morgan fingerprint density at radius 3 is 2.44 bits per heavy atom. The molecule has 0 atom stereocenters. The number of ether oxygens (including phenoxy) is 3. The highest BCUT2D eigenvalue weighted by molar-refractivity contribution is 7.89. The molecule has 0 radical (unpaired) electrons. The lowest BCUT2D eigenvalue weighted by atomic mass is 10.2. The summed E-state index contributed by atoms with van der Waals surface area (Å²) in [7, 11) is 3.79. The quantitative estimate of drug-likeness (QED) is 0.369. The van der Waals surface area contributed by atoms with Gasteiger partial charge < -0.3 is 19.1 Å². The Balaban J connectivity index is 2.59. The van der Waals surface area contributed by atoms with Crippen LogP contribution in [-0.4, -0.2) is 77.1 Å². The van der Waals surface area contributed by atoms with Gasteiger partial charge in [-0.05, 0) is 49.5 Å². The predicted molar refractivity (Wildman–Crippen MR) is 121 cm³/mol. The largest absolute Gasteiger partial charge is 0.493 e. The number of likely N-dealkylation sites (N-methyl/N-ethyl adjacent to an activating group) is 1. The van der Waals surface area contributed by atoms with Gasteiger partial charge in [0.15, 0.2) is 11.5 Å². The maximum Gasteiger partial charge on any atom is 0.330 e. The first-order chi connectivity index (χ1) is 15.2. The lowest BCUT2D eigenvalue weighted by Crippen LogP contribution is -2.36. The molecule has 0 saturated heterocycles.